The van der Waals surface area contributed by atoms with Gasteiger partial charge in [-0.2, -0.15) is 5.10 Å². The lowest BCUT2D eigenvalue weighted by atomic mass is 10.1. The lowest BCUT2D eigenvalue weighted by Crippen LogP contribution is -2.05. The van der Waals surface area contributed by atoms with Crippen molar-refractivity contribution in [1.82, 2.24) is 9.78 Å². The van der Waals surface area contributed by atoms with Gasteiger partial charge in [0.25, 0.3) is 0 Å². The monoisotopic (exact) mass is 500 g/mol. The van der Waals surface area contributed by atoms with Crippen molar-refractivity contribution in [3.8, 4) is 34.0 Å². The zero-order chi connectivity index (χ0) is 22.0. The van der Waals surface area contributed by atoms with Gasteiger partial charge in [-0.1, -0.05) is 41.9 Å². The largest absolute Gasteiger partial charge is 0.497 e. The molecule has 3 aromatic carbocycles. The van der Waals surface area contributed by atoms with Crippen molar-refractivity contribution in [1.29, 1.82) is 0 Å². The SMILES string of the molecule is COc1cccc(-c2nn(Cc3ccc(F)cc3Cl)c(-c3cccc(OC)c3)c2Br)c1. The van der Waals surface area contributed by atoms with Gasteiger partial charge in [-0.05, 0) is 57.9 Å². The molecule has 1 aromatic heterocycles. The number of halogens is 3. The smallest absolute Gasteiger partial charge is 0.124 e. The fourth-order valence-corrected chi connectivity index (χ4v) is 4.34. The van der Waals surface area contributed by atoms with E-state index in [1.54, 1.807) is 20.3 Å². The molecule has 0 bridgehead atoms. The fourth-order valence-electron chi connectivity index (χ4n) is 3.37. The standard InChI is InChI=1S/C24H19BrClFN2O2/c1-30-19-7-3-5-15(11-19)23-22(25)24(16-6-4-8-20(12-16)31-2)29(28-23)14-17-9-10-18(27)13-21(17)26/h3-13H,14H2,1-2H3. The molecule has 0 amide bonds. The second-order valence-corrected chi connectivity index (χ2v) is 8.07. The topological polar surface area (TPSA) is 36.3 Å². The zero-order valence-electron chi connectivity index (χ0n) is 16.9. The normalized spacial score (nSPS) is 10.9. The van der Waals surface area contributed by atoms with Gasteiger partial charge in [0.2, 0.25) is 0 Å². The Morgan fingerprint density at radius 2 is 1.58 bits per heavy atom. The summed E-state index contributed by atoms with van der Waals surface area (Å²) < 4.78 is 27.0. The molecule has 0 N–H and O–H groups in total. The van der Waals surface area contributed by atoms with Crippen molar-refractivity contribution in [3.05, 3.63) is 87.6 Å². The van der Waals surface area contributed by atoms with E-state index in [9.17, 15) is 4.39 Å². The van der Waals surface area contributed by atoms with Gasteiger partial charge >= 0.3 is 0 Å². The molecule has 0 aliphatic heterocycles. The summed E-state index contributed by atoms with van der Waals surface area (Å²) in [7, 11) is 3.26. The van der Waals surface area contributed by atoms with Crippen LogP contribution in [0.4, 0.5) is 4.39 Å². The lowest BCUT2D eigenvalue weighted by molar-refractivity contribution is 0.415. The van der Waals surface area contributed by atoms with Crippen LogP contribution in [-0.4, -0.2) is 24.0 Å². The first kappa shape index (κ1) is 21.4. The number of methoxy groups -OCH3 is 2. The number of hydrogen-bond donors (Lipinski definition) is 0. The molecule has 0 aliphatic rings. The molecular formula is C24H19BrClFN2O2. The van der Waals surface area contributed by atoms with Gasteiger partial charge in [-0.15, -0.1) is 0 Å². The molecule has 158 valence electrons. The number of aromatic nitrogens is 2. The first-order valence-electron chi connectivity index (χ1n) is 9.49. The van der Waals surface area contributed by atoms with Crippen LogP contribution in [0.1, 0.15) is 5.56 Å². The van der Waals surface area contributed by atoms with E-state index in [0.717, 1.165) is 44.0 Å². The molecule has 4 nitrogen and oxygen atoms in total. The van der Waals surface area contributed by atoms with Crippen LogP contribution >= 0.6 is 27.5 Å². The van der Waals surface area contributed by atoms with Gasteiger partial charge in [0.05, 0.1) is 30.9 Å². The summed E-state index contributed by atoms with van der Waals surface area (Å²) in [4.78, 5) is 0. The van der Waals surface area contributed by atoms with Crippen molar-refractivity contribution in [2.45, 2.75) is 6.54 Å². The molecule has 0 fully saturated rings. The summed E-state index contributed by atoms with van der Waals surface area (Å²) in [5, 5.41) is 5.22. The third kappa shape index (κ3) is 4.45. The molecule has 4 rings (SSSR count). The average molecular weight is 502 g/mol. The summed E-state index contributed by atoms with van der Waals surface area (Å²) in [5.41, 5.74) is 4.21. The minimum Gasteiger partial charge on any atom is -0.497 e. The van der Waals surface area contributed by atoms with E-state index in [1.807, 2.05) is 53.2 Å². The van der Waals surface area contributed by atoms with Gasteiger partial charge in [-0.25, -0.2) is 4.39 Å². The van der Waals surface area contributed by atoms with Crippen LogP contribution in [0.2, 0.25) is 5.02 Å². The summed E-state index contributed by atoms with van der Waals surface area (Å²) in [6.07, 6.45) is 0. The first-order valence-corrected chi connectivity index (χ1v) is 10.7. The van der Waals surface area contributed by atoms with Crippen molar-refractivity contribution < 1.29 is 13.9 Å². The van der Waals surface area contributed by atoms with Crippen molar-refractivity contribution in [2.75, 3.05) is 14.2 Å². The molecule has 0 atom stereocenters. The van der Waals surface area contributed by atoms with Gasteiger partial charge in [0.15, 0.2) is 0 Å². The van der Waals surface area contributed by atoms with Crippen molar-refractivity contribution >= 4 is 27.5 Å². The maximum Gasteiger partial charge on any atom is 0.124 e. The molecular weight excluding hydrogens is 483 g/mol. The quantitative estimate of drug-likeness (QED) is 0.290. The van der Waals surface area contributed by atoms with Gasteiger partial charge in [0.1, 0.15) is 23.0 Å². The van der Waals surface area contributed by atoms with E-state index in [-0.39, 0.29) is 5.82 Å². The van der Waals surface area contributed by atoms with Crippen LogP contribution in [0.25, 0.3) is 22.5 Å². The van der Waals surface area contributed by atoms with E-state index < -0.39 is 0 Å². The summed E-state index contributed by atoms with van der Waals surface area (Å²) in [6, 6.07) is 19.8. The highest BCUT2D eigenvalue weighted by Gasteiger charge is 2.20. The highest BCUT2D eigenvalue weighted by atomic mass is 79.9. The Labute approximate surface area is 193 Å². The Morgan fingerprint density at radius 1 is 0.935 bits per heavy atom. The number of ether oxygens (including phenoxy) is 2. The highest BCUT2D eigenvalue weighted by molar-refractivity contribution is 9.10. The van der Waals surface area contributed by atoms with Gasteiger partial charge in [-0.3, -0.25) is 4.68 Å². The lowest BCUT2D eigenvalue weighted by Gasteiger charge is -2.11. The summed E-state index contributed by atoms with van der Waals surface area (Å²) in [6.45, 7) is 0.369. The molecule has 0 saturated carbocycles. The predicted molar refractivity (Wildman–Crippen MR) is 124 cm³/mol. The van der Waals surface area contributed by atoms with Crippen molar-refractivity contribution in [3.63, 3.8) is 0 Å². The fraction of sp³-hybridized carbons (Fsp3) is 0.125. The Kier molecular flexibility index (Phi) is 6.30. The molecule has 4 aromatic rings. The minimum absolute atomic E-state index is 0.353. The maximum absolute atomic E-state index is 13.5. The van der Waals surface area contributed by atoms with Crippen molar-refractivity contribution in [2.24, 2.45) is 0 Å². The van der Waals surface area contributed by atoms with E-state index in [2.05, 4.69) is 15.9 Å². The third-order valence-corrected chi connectivity index (χ3v) is 6.02. The molecule has 0 spiro atoms. The van der Waals surface area contributed by atoms with E-state index in [4.69, 9.17) is 26.2 Å². The number of hydrogen-bond acceptors (Lipinski definition) is 3. The summed E-state index contributed by atoms with van der Waals surface area (Å²) >= 11 is 10.1. The zero-order valence-corrected chi connectivity index (χ0v) is 19.2. The number of benzene rings is 3. The molecule has 31 heavy (non-hydrogen) atoms. The molecule has 0 saturated heterocycles. The van der Waals surface area contributed by atoms with E-state index in [1.165, 1.54) is 12.1 Å². The Balaban J connectivity index is 1.88. The maximum atomic E-state index is 13.5. The van der Waals surface area contributed by atoms with Crippen LogP contribution in [0, 0.1) is 5.82 Å². The van der Waals surface area contributed by atoms with Crippen LogP contribution < -0.4 is 9.47 Å². The van der Waals surface area contributed by atoms with E-state index in [0.29, 0.717) is 11.6 Å². The highest BCUT2D eigenvalue weighted by Crippen LogP contribution is 2.39. The van der Waals surface area contributed by atoms with Crippen LogP contribution in [-0.2, 0) is 6.54 Å². The molecule has 7 heteroatoms. The Hall–Kier alpha value is -2.83. The first-order chi connectivity index (χ1) is 15.0. The minimum atomic E-state index is -0.375. The third-order valence-electron chi connectivity index (χ3n) is 4.92. The van der Waals surface area contributed by atoms with E-state index >= 15 is 0 Å². The molecule has 0 aliphatic carbocycles. The van der Waals surface area contributed by atoms with Gasteiger partial charge < -0.3 is 9.47 Å². The van der Waals surface area contributed by atoms with Gasteiger partial charge in [0, 0.05) is 16.1 Å². The predicted octanol–water partition coefficient (Wildman–Crippen LogP) is 6.84. The van der Waals surface area contributed by atoms with Crippen LogP contribution in [0.5, 0.6) is 11.5 Å². The average Bonchev–Trinajstić information content (AvgIpc) is 3.11. The number of rotatable bonds is 6. The molecule has 1 heterocycles. The Bertz CT molecular complexity index is 1240. The molecule has 0 radical (unpaired) electrons. The second kappa shape index (κ2) is 9.12. The van der Waals surface area contributed by atoms with Crippen LogP contribution in [0.15, 0.2) is 71.2 Å². The molecule has 0 unspecified atom stereocenters. The summed E-state index contributed by atoms with van der Waals surface area (Å²) in [5.74, 6) is 1.10. The second-order valence-electron chi connectivity index (χ2n) is 6.87. The number of nitrogens with zero attached hydrogens (tertiary/aromatic N) is 2. The Morgan fingerprint density at radius 3 is 2.23 bits per heavy atom. The van der Waals surface area contributed by atoms with Crippen LogP contribution in [0.3, 0.4) is 0 Å².